The van der Waals surface area contributed by atoms with E-state index in [9.17, 15) is 0 Å². The van der Waals surface area contributed by atoms with Crippen molar-refractivity contribution in [2.24, 2.45) is 0 Å². The zero-order chi connectivity index (χ0) is 7.11. The van der Waals surface area contributed by atoms with Crippen LogP contribution in [0.3, 0.4) is 0 Å². The van der Waals surface area contributed by atoms with Crippen molar-refractivity contribution in [3.63, 3.8) is 0 Å². The zero-order valence-electron chi connectivity index (χ0n) is 6.39. The zero-order valence-corrected chi connectivity index (χ0v) is 6.39. The Kier molecular flexibility index (Phi) is 5.93. The topological polar surface area (TPSA) is 21.7 Å². The summed E-state index contributed by atoms with van der Waals surface area (Å²) in [6.45, 7) is 0. The van der Waals surface area contributed by atoms with E-state index >= 15 is 0 Å². The summed E-state index contributed by atoms with van der Waals surface area (Å²) in [5, 5.41) is 1.25. The lowest BCUT2D eigenvalue weighted by Crippen LogP contribution is -2.13. The monoisotopic (exact) mass is 133 g/mol. The molecule has 1 fully saturated rings. The molecule has 0 atom stereocenters. The molecule has 1 rings (SSSR count). The molecule has 0 radical (unpaired) electrons. The van der Waals surface area contributed by atoms with Crippen LogP contribution in [0.25, 0.3) is 0 Å². The Morgan fingerprint density at radius 3 is 1.33 bits per heavy atom. The molecule has 3 nitrogen and oxygen atoms in total. The Hall–Kier alpha value is -0.120. The van der Waals surface area contributed by atoms with Crippen LogP contribution in [0.2, 0.25) is 0 Å². The van der Waals surface area contributed by atoms with E-state index in [4.69, 9.17) is 0 Å². The van der Waals surface area contributed by atoms with Crippen LogP contribution in [0.15, 0.2) is 0 Å². The second-order valence-corrected chi connectivity index (χ2v) is 1.87. The number of rotatable bonds is 2. The third kappa shape index (κ3) is 11.4. The van der Waals surface area contributed by atoms with Gasteiger partial charge in [-0.05, 0) is 0 Å². The fraction of sp³-hybridized carbons (Fsp3) is 1.00. The maximum atomic E-state index is 4.51. The van der Waals surface area contributed by atoms with Gasteiger partial charge in [-0.2, -0.15) is 0 Å². The van der Waals surface area contributed by atoms with Gasteiger partial charge in [0.2, 0.25) is 0 Å². The Morgan fingerprint density at radius 2 is 1.33 bits per heavy atom. The molecule has 0 N–H and O–H groups in total. The van der Waals surface area contributed by atoms with Gasteiger partial charge in [0.25, 0.3) is 0 Å². The molecule has 9 heavy (non-hydrogen) atoms. The average molecular weight is 133 g/mol. The number of hydroxylamine groups is 2. The Morgan fingerprint density at radius 1 is 1.00 bits per heavy atom. The molecule has 0 aromatic heterocycles. The summed E-state index contributed by atoms with van der Waals surface area (Å²) < 4.78 is 0. The van der Waals surface area contributed by atoms with Crippen LogP contribution in [-0.2, 0) is 9.68 Å². The van der Waals surface area contributed by atoms with Crippen molar-refractivity contribution in [2.45, 2.75) is 19.3 Å². The highest BCUT2D eigenvalue weighted by atomic mass is 16.9. The molecule has 0 heterocycles. The van der Waals surface area contributed by atoms with Crippen LogP contribution in [0.4, 0.5) is 0 Å². The van der Waals surface area contributed by atoms with Gasteiger partial charge in [-0.15, -0.1) is 0 Å². The van der Waals surface area contributed by atoms with Crippen molar-refractivity contribution in [1.29, 1.82) is 0 Å². The van der Waals surface area contributed by atoms with Crippen molar-refractivity contribution in [3.8, 4) is 0 Å². The highest BCUT2D eigenvalue weighted by Crippen LogP contribution is 2.14. The van der Waals surface area contributed by atoms with Crippen LogP contribution in [0.1, 0.15) is 19.3 Å². The lowest BCUT2D eigenvalue weighted by atomic mass is 11.0. The summed E-state index contributed by atoms with van der Waals surface area (Å²) in [5.74, 6) is 0. The summed E-state index contributed by atoms with van der Waals surface area (Å²) in [4.78, 5) is 9.02. The third-order valence-electron chi connectivity index (χ3n) is 0.868. The quantitative estimate of drug-likeness (QED) is 0.528. The van der Waals surface area contributed by atoms with E-state index in [2.05, 4.69) is 9.68 Å². The lowest BCUT2D eigenvalue weighted by Gasteiger charge is -2.06. The molecule has 1 saturated carbocycles. The van der Waals surface area contributed by atoms with Crippen molar-refractivity contribution in [1.82, 2.24) is 5.23 Å². The van der Waals surface area contributed by atoms with Gasteiger partial charge in [0.1, 0.15) is 0 Å². The van der Waals surface area contributed by atoms with Gasteiger partial charge in [0.05, 0.1) is 14.2 Å². The molecule has 1 aliphatic rings. The van der Waals surface area contributed by atoms with Crippen LogP contribution < -0.4 is 0 Å². The van der Waals surface area contributed by atoms with Gasteiger partial charge in [0, 0.05) is 7.05 Å². The first kappa shape index (κ1) is 8.88. The largest absolute Gasteiger partial charge is 0.278 e. The summed E-state index contributed by atoms with van der Waals surface area (Å²) in [5.41, 5.74) is 0. The van der Waals surface area contributed by atoms with Crippen molar-refractivity contribution in [3.05, 3.63) is 0 Å². The first-order chi connectivity index (χ1) is 4.31. The Bertz CT molecular complexity index is 50.3. The highest BCUT2D eigenvalue weighted by Gasteiger charge is 1.95. The Balaban J connectivity index is 0.000000173. The first-order valence-corrected chi connectivity index (χ1v) is 3.13. The van der Waals surface area contributed by atoms with Gasteiger partial charge < -0.3 is 0 Å². The van der Waals surface area contributed by atoms with Crippen molar-refractivity contribution >= 4 is 0 Å². The Labute approximate surface area is 56.5 Å². The smallest absolute Gasteiger partial charge is 0.0601 e. The molecule has 0 bridgehead atoms. The molecule has 0 aromatic carbocycles. The fourth-order valence-corrected chi connectivity index (χ4v) is 0.0745. The summed E-state index contributed by atoms with van der Waals surface area (Å²) >= 11 is 0. The van der Waals surface area contributed by atoms with Crippen molar-refractivity contribution in [2.75, 3.05) is 21.3 Å². The van der Waals surface area contributed by atoms with E-state index in [1.807, 2.05) is 0 Å². The maximum Gasteiger partial charge on any atom is 0.0601 e. The molecule has 1 aliphatic carbocycles. The second-order valence-electron chi connectivity index (χ2n) is 1.87. The molecule has 56 valence electrons. The second kappa shape index (κ2) is 6.01. The minimum Gasteiger partial charge on any atom is -0.278 e. The molecular formula is C6H15NO2. The number of nitrogens with zero attached hydrogens (tertiary/aromatic N) is 1. The molecule has 0 unspecified atom stereocenters. The summed E-state index contributed by atoms with van der Waals surface area (Å²) in [7, 11) is 4.73. The summed E-state index contributed by atoms with van der Waals surface area (Å²) in [6.07, 6.45) is 4.50. The molecule has 3 heteroatoms. The first-order valence-electron chi connectivity index (χ1n) is 3.13. The SMILES string of the molecule is C1CC1.CON(C)OC. The maximum absolute atomic E-state index is 4.51. The van der Waals surface area contributed by atoms with Gasteiger partial charge in [-0.1, -0.05) is 24.5 Å². The molecule has 0 aromatic rings. The van der Waals surface area contributed by atoms with E-state index in [-0.39, 0.29) is 0 Å². The van der Waals surface area contributed by atoms with Gasteiger partial charge in [0.15, 0.2) is 0 Å². The van der Waals surface area contributed by atoms with Gasteiger partial charge in [-0.25, -0.2) is 0 Å². The third-order valence-corrected chi connectivity index (χ3v) is 0.868. The normalized spacial score (nSPS) is 14.7. The minimum atomic E-state index is 1.25. The molecular weight excluding hydrogens is 118 g/mol. The number of hydrogen-bond donors (Lipinski definition) is 0. The predicted molar refractivity (Wildman–Crippen MR) is 35.6 cm³/mol. The molecule has 0 saturated heterocycles. The van der Waals surface area contributed by atoms with Crippen LogP contribution >= 0.6 is 0 Å². The standard InChI is InChI=1S/C3H9NO2.C3H6/c1-4(5-2)6-3;1-2-3-1/h1-3H3;1-3H2. The highest BCUT2D eigenvalue weighted by molar-refractivity contribution is 4.50. The van der Waals surface area contributed by atoms with Gasteiger partial charge in [-0.3, -0.25) is 9.68 Å². The summed E-state index contributed by atoms with van der Waals surface area (Å²) in [6, 6.07) is 0. The average Bonchev–Trinajstić information content (AvgIpc) is 2.70. The lowest BCUT2D eigenvalue weighted by molar-refractivity contribution is -0.325. The van der Waals surface area contributed by atoms with Crippen LogP contribution in [0, 0.1) is 0 Å². The number of hydrogen-bond acceptors (Lipinski definition) is 3. The van der Waals surface area contributed by atoms with E-state index in [0.29, 0.717) is 0 Å². The van der Waals surface area contributed by atoms with Crippen LogP contribution in [-0.4, -0.2) is 26.5 Å². The fourth-order valence-electron chi connectivity index (χ4n) is 0.0745. The predicted octanol–water partition coefficient (Wildman–Crippen LogP) is 1.21. The van der Waals surface area contributed by atoms with E-state index < -0.39 is 0 Å². The minimum absolute atomic E-state index is 1.25. The molecule has 0 amide bonds. The van der Waals surface area contributed by atoms with Crippen LogP contribution in [0.5, 0.6) is 0 Å². The van der Waals surface area contributed by atoms with Crippen molar-refractivity contribution < 1.29 is 9.68 Å². The van der Waals surface area contributed by atoms with Gasteiger partial charge >= 0.3 is 0 Å². The van der Waals surface area contributed by atoms with E-state index in [1.165, 1.54) is 38.7 Å². The molecule has 0 spiro atoms. The van der Waals surface area contributed by atoms with E-state index in [0.717, 1.165) is 0 Å². The molecule has 0 aliphatic heterocycles. The van der Waals surface area contributed by atoms with E-state index in [1.54, 1.807) is 7.05 Å².